The van der Waals surface area contributed by atoms with E-state index in [1.54, 1.807) is 0 Å². The molecule has 120 valence electrons. The van der Waals surface area contributed by atoms with Gasteiger partial charge >= 0.3 is 6.03 Å². The van der Waals surface area contributed by atoms with Gasteiger partial charge in [-0.2, -0.15) is 0 Å². The Balaban J connectivity index is 1.40. The number of piperidine rings is 1. The Labute approximate surface area is 131 Å². The van der Waals surface area contributed by atoms with E-state index in [-0.39, 0.29) is 6.03 Å². The minimum Gasteiger partial charge on any atom is -0.350 e. The molecule has 1 aromatic rings. The number of urea groups is 1. The number of hydrogen-bond donors (Lipinski definition) is 1. The topological polar surface area (TPSA) is 50.8 Å². The van der Waals surface area contributed by atoms with Crippen molar-refractivity contribution in [3.8, 4) is 0 Å². The van der Waals surface area contributed by atoms with Crippen molar-refractivity contribution in [1.82, 2.24) is 10.2 Å². The molecule has 2 saturated heterocycles. The summed E-state index contributed by atoms with van der Waals surface area (Å²) < 4.78 is 11.6. The molecule has 0 atom stereocenters. The highest BCUT2D eigenvalue weighted by atomic mass is 16.7. The molecule has 0 aromatic heterocycles. The summed E-state index contributed by atoms with van der Waals surface area (Å²) in [7, 11) is 0. The molecule has 2 aliphatic rings. The van der Waals surface area contributed by atoms with E-state index in [1.807, 2.05) is 23.1 Å². The van der Waals surface area contributed by atoms with Gasteiger partial charge in [-0.1, -0.05) is 30.3 Å². The van der Waals surface area contributed by atoms with Crippen LogP contribution >= 0.6 is 0 Å². The number of ether oxygens (including phenoxy) is 2. The zero-order valence-corrected chi connectivity index (χ0v) is 12.9. The van der Waals surface area contributed by atoms with Crippen molar-refractivity contribution in [2.75, 3.05) is 32.8 Å². The Morgan fingerprint density at radius 1 is 1.14 bits per heavy atom. The predicted octanol–water partition coefficient (Wildman–Crippen LogP) is 2.17. The molecule has 22 heavy (non-hydrogen) atoms. The van der Waals surface area contributed by atoms with Crippen LogP contribution in [0.3, 0.4) is 0 Å². The predicted molar refractivity (Wildman–Crippen MR) is 83.6 cm³/mol. The largest absolute Gasteiger partial charge is 0.350 e. The lowest BCUT2D eigenvalue weighted by Crippen LogP contribution is -2.53. The molecule has 5 nitrogen and oxygen atoms in total. The van der Waals surface area contributed by atoms with E-state index >= 15 is 0 Å². The van der Waals surface area contributed by atoms with E-state index in [4.69, 9.17) is 9.47 Å². The first kappa shape index (κ1) is 15.3. The summed E-state index contributed by atoms with van der Waals surface area (Å²) in [5.74, 6) is -0.431. The van der Waals surface area contributed by atoms with Crippen LogP contribution in [0.1, 0.15) is 24.8 Å². The van der Waals surface area contributed by atoms with Crippen LogP contribution < -0.4 is 5.32 Å². The third kappa shape index (κ3) is 3.78. The van der Waals surface area contributed by atoms with Gasteiger partial charge in [0.05, 0.1) is 13.2 Å². The van der Waals surface area contributed by atoms with Crippen molar-refractivity contribution in [3.05, 3.63) is 35.9 Å². The van der Waals surface area contributed by atoms with Crippen molar-refractivity contribution >= 4 is 6.03 Å². The Morgan fingerprint density at radius 3 is 2.50 bits per heavy atom. The van der Waals surface area contributed by atoms with Gasteiger partial charge in [-0.05, 0) is 18.4 Å². The number of amides is 2. The molecule has 3 rings (SSSR count). The van der Waals surface area contributed by atoms with Crippen LogP contribution in [0.4, 0.5) is 4.79 Å². The van der Waals surface area contributed by atoms with Gasteiger partial charge in [-0.15, -0.1) is 0 Å². The summed E-state index contributed by atoms with van der Waals surface area (Å²) in [5, 5.41) is 3.00. The third-order valence-corrected chi connectivity index (χ3v) is 4.36. The van der Waals surface area contributed by atoms with Crippen LogP contribution in [0.5, 0.6) is 0 Å². The summed E-state index contributed by atoms with van der Waals surface area (Å²) in [6.07, 6.45) is 3.35. The lowest BCUT2D eigenvalue weighted by Gasteiger charge is -2.43. The number of likely N-dealkylation sites (tertiary alicyclic amines) is 1. The van der Waals surface area contributed by atoms with E-state index in [9.17, 15) is 4.79 Å². The van der Waals surface area contributed by atoms with E-state index in [1.165, 1.54) is 5.56 Å². The quantitative estimate of drug-likeness (QED) is 0.931. The Bertz CT molecular complexity index is 476. The van der Waals surface area contributed by atoms with Crippen LogP contribution in [0.2, 0.25) is 0 Å². The zero-order chi connectivity index (χ0) is 15.3. The highest BCUT2D eigenvalue weighted by Crippen LogP contribution is 2.30. The average molecular weight is 304 g/mol. The smallest absolute Gasteiger partial charge is 0.317 e. The minimum atomic E-state index is -0.431. The van der Waals surface area contributed by atoms with Crippen molar-refractivity contribution in [1.29, 1.82) is 0 Å². The van der Waals surface area contributed by atoms with E-state index in [2.05, 4.69) is 17.4 Å². The first-order chi connectivity index (χ1) is 10.8. The minimum absolute atomic E-state index is 0.0154. The molecule has 0 radical (unpaired) electrons. The Morgan fingerprint density at radius 2 is 1.82 bits per heavy atom. The maximum absolute atomic E-state index is 12.2. The van der Waals surface area contributed by atoms with E-state index in [0.717, 1.165) is 38.9 Å². The average Bonchev–Trinajstić information content (AvgIpc) is 2.57. The van der Waals surface area contributed by atoms with E-state index in [0.29, 0.717) is 19.6 Å². The van der Waals surface area contributed by atoms with Crippen molar-refractivity contribution < 1.29 is 14.3 Å². The maximum atomic E-state index is 12.2. The second-order valence-corrected chi connectivity index (χ2v) is 5.92. The second-order valence-electron chi connectivity index (χ2n) is 5.92. The molecule has 2 amide bonds. The van der Waals surface area contributed by atoms with Crippen LogP contribution in [0.15, 0.2) is 30.3 Å². The van der Waals surface area contributed by atoms with Crippen LogP contribution in [-0.4, -0.2) is 49.6 Å². The first-order valence-electron chi connectivity index (χ1n) is 8.12. The van der Waals surface area contributed by atoms with Gasteiger partial charge in [0.1, 0.15) is 0 Å². The maximum Gasteiger partial charge on any atom is 0.317 e. The van der Waals surface area contributed by atoms with Gasteiger partial charge in [-0.25, -0.2) is 4.79 Å². The molecule has 5 heteroatoms. The lowest BCUT2D eigenvalue weighted by atomic mass is 10.0. The van der Waals surface area contributed by atoms with Gasteiger partial charge < -0.3 is 19.7 Å². The van der Waals surface area contributed by atoms with Crippen molar-refractivity contribution in [2.24, 2.45) is 0 Å². The molecule has 2 aliphatic heterocycles. The second kappa shape index (κ2) is 7.11. The SMILES string of the molecule is O=C(NCCc1ccccc1)N1CCC2(CC1)OCCCO2. The number of nitrogens with one attached hydrogen (secondary N) is 1. The van der Waals surface area contributed by atoms with Gasteiger partial charge in [0.15, 0.2) is 5.79 Å². The summed E-state index contributed by atoms with van der Waals surface area (Å²) in [5.41, 5.74) is 1.24. The van der Waals surface area contributed by atoms with Gasteiger partial charge in [0.2, 0.25) is 0 Å². The molecule has 0 aliphatic carbocycles. The summed E-state index contributed by atoms with van der Waals surface area (Å²) >= 11 is 0. The van der Waals surface area contributed by atoms with Crippen LogP contribution in [0.25, 0.3) is 0 Å². The highest BCUT2D eigenvalue weighted by Gasteiger charge is 2.39. The zero-order valence-electron chi connectivity index (χ0n) is 12.9. The molecular formula is C17H24N2O3. The molecule has 0 bridgehead atoms. The summed E-state index contributed by atoms with van der Waals surface area (Å²) in [6.45, 7) is 3.58. The fraction of sp³-hybridized carbons (Fsp3) is 0.588. The number of hydrogen-bond acceptors (Lipinski definition) is 3. The standard InChI is InChI=1S/C17H24N2O3/c20-16(18-10-7-15-5-2-1-3-6-15)19-11-8-17(9-12-19)21-13-4-14-22-17/h1-3,5-6H,4,7-14H2,(H,18,20). The first-order valence-corrected chi connectivity index (χ1v) is 8.12. The Hall–Kier alpha value is -1.59. The number of nitrogens with zero attached hydrogens (tertiary/aromatic N) is 1. The van der Waals surface area contributed by atoms with Gasteiger partial charge in [-0.3, -0.25) is 0 Å². The molecule has 0 unspecified atom stereocenters. The summed E-state index contributed by atoms with van der Waals surface area (Å²) in [6, 6.07) is 10.2. The number of benzene rings is 1. The van der Waals surface area contributed by atoms with Crippen molar-refractivity contribution in [2.45, 2.75) is 31.5 Å². The molecule has 1 spiro atoms. The molecular weight excluding hydrogens is 280 g/mol. The monoisotopic (exact) mass is 304 g/mol. The summed E-state index contributed by atoms with van der Waals surface area (Å²) in [4.78, 5) is 14.1. The molecule has 2 heterocycles. The van der Waals surface area contributed by atoms with Gasteiger partial charge in [0, 0.05) is 32.5 Å². The Kier molecular flexibility index (Phi) is 4.95. The van der Waals surface area contributed by atoms with Crippen LogP contribution in [-0.2, 0) is 15.9 Å². The molecule has 2 fully saturated rings. The fourth-order valence-electron chi connectivity index (χ4n) is 3.03. The molecule has 1 N–H and O–H groups in total. The normalized spacial score (nSPS) is 20.8. The number of rotatable bonds is 3. The van der Waals surface area contributed by atoms with Crippen molar-refractivity contribution in [3.63, 3.8) is 0 Å². The van der Waals surface area contributed by atoms with Crippen LogP contribution in [0, 0.1) is 0 Å². The number of carbonyl (C=O) groups is 1. The fourth-order valence-corrected chi connectivity index (χ4v) is 3.03. The van der Waals surface area contributed by atoms with Gasteiger partial charge in [0.25, 0.3) is 0 Å². The molecule has 1 aromatic carbocycles. The highest BCUT2D eigenvalue weighted by molar-refractivity contribution is 5.74. The number of carbonyl (C=O) groups excluding carboxylic acids is 1. The van der Waals surface area contributed by atoms with E-state index < -0.39 is 5.79 Å². The lowest BCUT2D eigenvalue weighted by molar-refractivity contribution is -0.281. The molecule has 0 saturated carbocycles. The third-order valence-electron chi connectivity index (χ3n) is 4.36.